The molecule has 0 spiro atoms. The number of thioether (sulfide) groups is 1. The summed E-state index contributed by atoms with van der Waals surface area (Å²) in [6.07, 6.45) is 3.98. The molecule has 2 aromatic carbocycles. The van der Waals surface area contributed by atoms with Crippen LogP contribution in [-0.4, -0.2) is 46.1 Å². The number of rotatable bonds is 6. The van der Waals surface area contributed by atoms with E-state index in [2.05, 4.69) is 33.5 Å². The van der Waals surface area contributed by atoms with E-state index in [1.54, 1.807) is 25.8 Å². The molecular weight excluding hydrogens is 436 g/mol. The molecule has 0 saturated carbocycles. The highest BCUT2D eigenvalue weighted by atomic mass is 32.2. The van der Waals surface area contributed by atoms with Crippen LogP contribution in [0.5, 0.6) is 5.75 Å². The number of nitrogens with zero attached hydrogens (tertiary/aromatic N) is 3. The Balaban J connectivity index is 1.27. The molecule has 0 atom stereocenters. The second kappa shape index (κ2) is 9.31. The maximum absolute atomic E-state index is 13.4. The summed E-state index contributed by atoms with van der Waals surface area (Å²) in [5.74, 6) is 3.08. The van der Waals surface area contributed by atoms with Gasteiger partial charge < -0.3 is 19.1 Å². The first-order valence-corrected chi connectivity index (χ1v) is 12.1. The third-order valence-electron chi connectivity index (χ3n) is 6.18. The molecule has 1 aliphatic heterocycles. The van der Waals surface area contributed by atoms with Crippen LogP contribution in [0, 0.1) is 6.92 Å². The van der Waals surface area contributed by atoms with Crippen molar-refractivity contribution >= 4 is 28.6 Å². The average molecular weight is 463 g/mol. The molecule has 1 saturated heterocycles. The first-order valence-electron chi connectivity index (χ1n) is 11.1. The molecule has 1 aliphatic rings. The predicted octanol–water partition coefficient (Wildman–Crippen LogP) is 5.18. The van der Waals surface area contributed by atoms with E-state index in [9.17, 15) is 4.79 Å². The second-order valence-corrected chi connectivity index (χ2v) is 9.26. The van der Waals surface area contributed by atoms with Gasteiger partial charge in [-0.1, -0.05) is 17.3 Å². The van der Waals surface area contributed by atoms with Gasteiger partial charge in [0.1, 0.15) is 5.75 Å². The number of hydrogen-bond acceptors (Lipinski definition) is 6. The predicted molar refractivity (Wildman–Crippen MR) is 128 cm³/mol. The number of aryl methyl sites for hydroxylation is 1. The number of carbonyl (C=O) groups excluding carboxylic acids is 1. The Kier molecular flexibility index (Phi) is 6.09. The quantitative estimate of drug-likeness (QED) is 0.398. The van der Waals surface area contributed by atoms with Gasteiger partial charge in [0.05, 0.1) is 18.4 Å². The standard InChI is InChI=1S/C25H26N4O3S/c1-16-27-24(32-28-16)15-33-23-6-4-3-5-19(23)25(30)29-11-9-17(10-12-29)21-14-26-22-8-7-18(31-2)13-20(21)22/h3-8,13-14,17,26H,9-12,15H2,1-2H3. The summed E-state index contributed by atoms with van der Waals surface area (Å²) in [5, 5.41) is 5.04. The van der Waals surface area contributed by atoms with E-state index in [1.165, 1.54) is 10.9 Å². The van der Waals surface area contributed by atoms with Crippen molar-refractivity contribution in [2.24, 2.45) is 0 Å². The lowest BCUT2D eigenvalue weighted by molar-refractivity contribution is 0.0710. The maximum Gasteiger partial charge on any atom is 0.254 e. The number of carbonyl (C=O) groups is 1. The normalized spacial score (nSPS) is 14.7. The van der Waals surface area contributed by atoms with Gasteiger partial charge in [0.25, 0.3) is 5.91 Å². The third kappa shape index (κ3) is 4.48. The molecule has 5 rings (SSSR count). The van der Waals surface area contributed by atoms with Crippen molar-refractivity contribution in [3.05, 3.63) is 71.5 Å². The number of ether oxygens (including phenoxy) is 1. The Morgan fingerprint density at radius 3 is 2.82 bits per heavy atom. The lowest BCUT2D eigenvalue weighted by atomic mass is 9.89. The third-order valence-corrected chi connectivity index (χ3v) is 7.24. The molecule has 8 heteroatoms. The fraction of sp³-hybridized carbons (Fsp3) is 0.320. The van der Waals surface area contributed by atoms with Gasteiger partial charge in [0.15, 0.2) is 5.82 Å². The van der Waals surface area contributed by atoms with Crippen LogP contribution in [0.2, 0.25) is 0 Å². The second-order valence-electron chi connectivity index (χ2n) is 8.24. The molecule has 0 radical (unpaired) electrons. The van der Waals surface area contributed by atoms with Gasteiger partial charge >= 0.3 is 0 Å². The van der Waals surface area contributed by atoms with Crippen molar-refractivity contribution < 1.29 is 14.1 Å². The lowest BCUT2D eigenvalue weighted by Gasteiger charge is -2.32. The van der Waals surface area contributed by atoms with Crippen LogP contribution in [0.25, 0.3) is 10.9 Å². The van der Waals surface area contributed by atoms with Crippen LogP contribution in [0.3, 0.4) is 0 Å². The molecule has 4 aromatic rings. The number of nitrogens with one attached hydrogen (secondary N) is 1. The summed E-state index contributed by atoms with van der Waals surface area (Å²) >= 11 is 1.55. The van der Waals surface area contributed by atoms with E-state index in [-0.39, 0.29) is 5.91 Å². The molecule has 170 valence electrons. The summed E-state index contributed by atoms with van der Waals surface area (Å²) in [7, 11) is 1.69. The number of aromatic nitrogens is 3. The first kappa shape index (κ1) is 21.6. The van der Waals surface area contributed by atoms with Crippen LogP contribution in [0.4, 0.5) is 0 Å². The minimum absolute atomic E-state index is 0.0823. The van der Waals surface area contributed by atoms with Gasteiger partial charge in [-0.3, -0.25) is 4.79 Å². The van der Waals surface area contributed by atoms with Gasteiger partial charge in [0, 0.05) is 35.1 Å². The molecule has 33 heavy (non-hydrogen) atoms. The fourth-order valence-electron chi connectivity index (χ4n) is 4.46. The number of methoxy groups -OCH3 is 1. The minimum atomic E-state index is 0.0823. The zero-order chi connectivity index (χ0) is 22.8. The molecule has 0 aliphatic carbocycles. The zero-order valence-corrected chi connectivity index (χ0v) is 19.5. The molecule has 7 nitrogen and oxygen atoms in total. The SMILES string of the molecule is COc1ccc2[nH]cc(C3CCN(C(=O)c4ccccc4SCc4nc(C)no4)CC3)c2c1. The molecule has 0 bridgehead atoms. The van der Waals surface area contributed by atoms with Crippen molar-refractivity contribution in [1.82, 2.24) is 20.0 Å². The fourth-order valence-corrected chi connectivity index (χ4v) is 5.34. The number of likely N-dealkylation sites (tertiary alicyclic amines) is 1. The summed E-state index contributed by atoms with van der Waals surface area (Å²) in [6, 6.07) is 13.9. The number of piperidine rings is 1. The van der Waals surface area contributed by atoms with Crippen LogP contribution < -0.4 is 4.74 Å². The molecule has 1 amide bonds. The monoisotopic (exact) mass is 462 g/mol. The number of amides is 1. The van der Waals surface area contributed by atoms with E-state index in [0.717, 1.165) is 47.7 Å². The largest absolute Gasteiger partial charge is 0.497 e. The highest BCUT2D eigenvalue weighted by Crippen LogP contribution is 2.35. The van der Waals surface area contributed by atoms with Gasteiger partial charge in [-0.05, 0) is 61.6 Å². The lowest BCUT2D eigenvalue weighted by Crippen LogP contribution is -2.38. The van der Waals surface area contributed by atoms with Crippen molar-refractivity contribution in [3.63, 3.8) is 0 Å². The average Bonchev–Trinajstić information content (AvgIpc) is 3.48. The topological polar surface area (TPSA) is 84.2 Å². The van der Waals surface area contributed by atoms with E-state index >= 15 is 0 Å². The van der Waals surface area contributed by atoms with E-state index in [1.807, 2.05) is 35.2 Å². The molecule has 2 aromatic heterocycles. The minimum Gasteiger partial charge on any atom is -0.497 e. The van der Waals surface area contributed by atoms with Crippen LogP contribution in [-0.2, 0) is 5.75 Å². The number of fused-ring (bicyclic) bond motifs is 1. The summed E-state index contributed by atoms with van der Waals surface area (Å²) < 4.78 is 10.6. The smallest absolute Gasteiger partial charge is 0.254 e. The van der Waals surface area contributed by atoms with Gasteiger partial charge in [0.2, 0.25) is 5.89 Å². The van der Waals surface area contributed by atoms with Crippen LogP contribution >= 0.6 is 11.8 Å². The zero-order valence-electron chi connectivity index (χ0n) is 18.7. The van der Waals surface area contributed by atoms with Gasteiger partial charge in [-0.15, -0.1) is 11.8 Å². The Hall–Kier alpha value is -3.26. The van der Waals surface area contributed by atoms with Gasteiger partial charge in [-0.25, -0.2) is 0 Å². The molecule has 1 fully saturated rings. The number of hydrogen-bond donors (Lipinski definition) is 1. The Bertz CT molecular complexity index is 1270. The number of benzene rings is 2. The summed E-state index contributed by atoms with van der Waals surface area (Å²) in [4.78, 5) is 23.9. The Morgan fingerprint density at radius 2 is 2.06 bits per heavy atom. The van der Waals surface area contributed by atoms with Crippen molar-refractivity contribution in [1.29, 1.82) is 0 Å². The molecule has 3 heterocycles. The van der Waals surface area contributed by atoms with Crippen molar-refractivity contribution in [2.75, 3.05) is 20.2 Å². The Labute approximate surface area is 196 Å². The van der Waals surface area contributed by atoms with E-state index in [0.29, 0.717) is 23.4 Å². The van der Waals surface area contributed by atoms with E-state index in [4.69, 9.17) is 9.26 Å². The molecular formula is C25H26N4O3S. The number of H-pyrrole nitrogens is 1. The maximum atomic E-state index is 13.4. The van der Waals surface area contributed by atoms with Crippen LogP contribution in [0.1, 0.15) is 46.4 Å². The highest BCUT2D eigenvalue weighted by Gasteiger charge is 2.27. The number of aromatic amines is 1. The molecule has 0 unspecified atom stereocenters. The van der Waals surface area contributed by atoms with Gasteiger partial charge in [-0.2, -0.15) is 4.98 Å². The van der Waals surface area contributed by atoms with Crippen molar-refractivity contribution in [2.45, 2.75) is 36.3 Å². The molecule has 1 N–H and O–H groups in total. The highest BCUT2D eigenvalue weighted by molar-refractivity contribution is 7.98. The van der Waals surface area contributed by atoms with Crippen molar-refractivity contribution in [3.8, 4) is 5.75 Å². The Morgan fingerprint density at radius 1 is 1.24 bits per heavy atom. The first-order chi connectivity index (χ1) is 16.1. The van der Waals surface area contributed by atoms with Crippen LogP contribution in [0.15, 0.2) is 58.1 Å². The summed E-state index contributed by atoms with van der Waals surface area (Å²) in [5.41, 5.74) is 3.16. The summed E-state index contributed by atoms with van der Waals surface area (Å²) in [6.45, 7) is 3.27. The van der Waals surface area contributed by atoms with E-state index < -0.39 is 0 Å².